The van der Waals surface area contributed by atoms with Crippen LogP contribution in [0.5, 0.6) is 5.88 Å². The Balaban J connectivity index is 1.64. The van der Waals surface area contributed by atoms with Crippen LogP contribution >= 0.6 is 0 Å². The second-order valence-electron chi connectivity index (χ2n) is 4.73. The molecule has 0 unspecified atom stereocenters. The summed E-state index contributed by atoms with van der Waals surface area (Å²) in [7, 11) is 0. The lowest BCUT2D eigenvalue weighted by Crippen LogP contribution is -2.31. The molecule has 1 aliphatic heterocycles. The Bertz CT molecular complexity index is 335. The van der Waals surface area contributed by atoms with Gasteiger partial charge in [0.25, 0.3) is 0 Å². The molecular weight excluding hydrogens is 212 g/mol. The highest BCUT2D eigenvalue weighted by molar-refractivity contribution is 5.23. The molecular formula is C14H22N2O. The van der Waals surface area contributed by atoms with Crippen molar-refractivity contribution in [3.8, 4) is 5.88 Å². The van der Waals surface area contributed by atoms with E-state index >= 15 is 0 Å². The first-order chi connectivity index (χ1) is 8.36. The zero-order valence-electron chi connectivity index (χ0n) is 10.7. The molecule has 3 nitrogen and oxygen atoms in total. The van der Waals surface area contributed by atoms with Gasteiger partial charge in [-0.15, -0.1) is 0 Å². The Morgan fingerprint density at radius 2 is 2.12 bits per heavy atom. The highest BCUT2D eigenvalue weighted by atomic mass is 16.5. The molecule has 94 valence electrons. The number of pyridine rings is 1. The van der Waals surface area contributed by atoms with Crippen LogP contribution in [0.3, 0.4) is 0 Å². The van der Waals surface area contributed by atoms with Crippen LogP contribution in [0.15, 0.2) is 18.3 Å². The Hall–Kier alpha value is -1.09. The number of hydrogen-bond acceptors (Lipinski definition) is 3. The molecule has 1 fully saturated rings. The molecule has 0 atom stereocenters. The molecule has 0 amide bonds. The standard InChI is InChI=1S/C14H22N2O/c1-13-7-5-8-15-14(13)17-12-6-11-16-9-3-2-4-10-16/h5,7-8H,2-4,6,9-12H2,1H3. The van der Waals surface area contributed by atoms with E-state index in [0.717, 1.165) is 31.0 Å². The van der Waals surface area contributed by atoms with Gasteiger partial charge < -0.3 is 9.64 Å². The van der Waals surface area contributed by atoms with Crippen molar-refractivity contribution in [2.75, 3.05) is 26.2 Å². The molecule has 0 aliphatic carbocycles. The first kappa shape index (κ1) is 12.4. The minimum Gasteiger partial charge on any atom is -0.477 e. The van der Waals surface area contributed by atoms with E-state index < -0.39 is 0 Å². The molecule has 1 aromatic heterocycles. The molecule has 17 heavy (non-hydrogen) atoms. The lowest BCUT2D eigenvalue weighted by atomic mass is 10.1. The monoisotopic (exact) mass is 234 g/mol. The van der Waals surface area contributed by atoms with Crippen LogP contribution in [0.1, 0.15) is 31.2 Å². The predicted molar refractivity (Wildman–Crippen MR) is 69.4 cm³/mol. The fourth-order valence-electron chi connectivity index (χ4n) is 2.26. The molecule has 0 radical (unpaired) electrons. The molecule has 0 spiro atoms. The maximum Gasteiger partial charge on any atom is 0.216 e. The number of piperidine rings is 1. The van der Waals surface area contributed by atoms with Crippen molar-refractivity contribution in [3.63, 3.8) is 0 Å². The van der Waals surface area contributed by atoms with E-state index in [4.69, 9.17) is 4.74 Å². The van der Waals surface area contributed by atoms with Gasteiger partial charge in [-0.1, -0.05) is 12.5 Å². The van der Waals surface area contributed by atoms with Crippen molar-refractivity contribution in [1.29, 1.82) is 0 Å². The van der Waals surface area contributed by atoms with Crippen LogP contribution in [0, 0.1) is 6.92 Å². The number of aryl methyl sites for hydroxylation is 1. The summed E-state index contributed by atoms with van der Waals surface area (Å²) in [6.45, 7) is 6.50. The molecule has 2 heterocycles. The minimum atomic E-state index is 0.772. The third-order valence-electron chi connectivity index (χ3n) is 3.27. The van der Waals surface area contributed by atoms with Gasteiger partial charge in [-0.2, -0.15) is 0 Å². The Morgan fingerprint density at radius 3 is 2.88 bits per heavy atom. The number of hydrogen-bond donors (Lipinski definition) is 0. The van der Waals surface area contributed by atoms with Crippen LogP contribution in [0.25, 0.3) is 0 Å². The minimum absolute atomic E-state index is 0.772. The second-order valence-corrected chi connectivity index (χ2v) is 4.73. The first-order valence-electron chi connectivity index (χ1n) is 6.63. The van der Waals surface area contributed by atoms with E-state index in [1.165, 1.54) is 32.4 Å². The number of nitrogens with zero attached hydrogens (tertiary/aromatic N) is 2. The van der Waals surface area contributed by atoms with E-state index in [-0.39, 0.29) is 0 Å². The van der Waals surface area contributed by atoms with Crippen LogP contribution in [-0.2, 0) is 0 Å². The zero-order valence-corrected chi connectivity index (χ0v) is 10.7. The number of ether oxygens (including phenoxy) is 1. The van der Waals surface area contributed by atoms with E-state index in [2.05, 4.69) is 9.88 Å². The van der Waals surface area contributed by atoms with Crippen molar-refractivity contribution < 1.29 is 4.74 Å². The number of rotatable bonds is 5. The molecule has 1 saturated heterocycles. The van der Waals surface area contributed by atoms with Crippen LogP contribution in [0.2, 0.25) is 0 Å². The van der Waals surface area contributed by atoms with E-state index in [0.29, 0.717) is 0 Å². The number of aromatic nitrogens is 1. The van der Waals surface area contributed by atoms with Gasteiger partial charge in [0, 0.05) is 18.3 Å². The maximum atomic E-state index is 5.69. The fourth-order valence-corrected chi connectivity index (χ4v) is 2.26. The normalized spacial score (nSPS) is 17.0. The second kappa shape index (κ2) is 6.60. The molecule has 0 saturated carbocycles. The van der Waals surface area contributed by atoms with Gasteiger partial charge in [0.05, 0.1) is 6.61 Å². The Labute approximate surface area is 104 Å². The summed E-state index contributed by atoms with van der Waals surface area (Å²) < 4.78 is 5.69. The molecule has 3 heteroatoms. The average molecular weight is 234 g/mol. The van der Waals surface area contributed by atoms with Crippen molar-refractivity contribution in [3.05, 3.63) is 23.9 Å². The summed E-state index contributed by atoms with van der Waals surface area (Å²) in [5, 5.41) is 0. The van der Waals surface area contributed by atoms with Crippen LogP contribution in [0.4, 0.5) is 0 Å². The van der Waals surface area contributed by atoms with Gasteiger partial charge in [0.2, 0.25) is 5.88 Å². The predicted octanol–water partition coefficient (Wildman–Crippen LogP) is 2.64. The molecule has 1 aromatic rings. The fraction of sp³-hybridized carbons (Fsp3) is 0.643. The summed E-state index contributed by atoms with van der Waals surface area (Å²) in [6.07, 6.45) is 7.00. The van der Waals surface area contributed by atoms with Crippen molar-refractivity contribution in [1.82, 2.24) is 9.88 Å². The molecule has 0 bridgehead atoms. The summed E-state index contributed by atoms with van der Waals surface area (Å²) in [5.41, 5.74) is 1.12. The van der Waals surface area contributed by atoms with Crippen molar-refractivity contribution >= 4 is 0 Å². The summed E-state index contributed by atoms with van der Waals surface area (Å²) in [4.78, 5) is 6.77. The molecule has 0 N–H and O–H groups in total. The van der Waals surface area contributed by atoms with Crippen molar-refractivity contribution in [2.45, 2.75) is 32.6 Å². The largest absolute Gasteiger partial charge is 0.477 e. The van der Waals surface area contributed by atoms with Gasteiger partial charge >= 0.3 is 0 Å². The molecule has 1 aliphatic rings. The Morgan fingerprint density at radius 1 is 1.29 bits per heavy atom. The summed E-state index contributed by atoms with van der Waals surface area (Å²) in [5.74, 6) is 0.783. The van der Waals surface area contributed by atoms with E-state index in [1.54, 1.807) is 6.20 Å². The highest BCUT2D eigenvalue weighted by Crippen LogP contribution is 2.13. The summed E-state index contributed by atoms with van der Waals surface area (Å²) >= 11 is 0. The van der Waals surface area contributed by atoms with Gasteiger partial charge in [-0.05, 0) is 45.3 Å². The SMILES string of the molecule is Cc1cccnc1OCCCN1CCCCC1. The van der Waals surface area contributed by atoms with Gasteiger partial charge in [-0.25, -0.2) is 4.98 Å². The number of likely N-dealkylation sites (tertiary alicyclic amines) is 1. The molecule has 0 aromatic carbocycles. The van der Waals surface area contributed by atoms with Crippen molar-refractivity contribution in [2.24, 2.45) is 0 Å². The smallest absolute Gasteiger partial charge is 0.216 e. The Kier molecular flexibility index (Phi) is 4.80. The third kappa shape index (κ3) is 4.00. The quantitative estimate of drug-likeness (QED) is 0.732. The maximum absolute atomic E-state index is 5.69. The van der Waals surface area contributed by atoms with Crippen LogP contribution < -0.4 is 4.74 Å². The first-order valence-corrected chi connectivity index (χ1v) is 6.63. The lowest BCUT2D eigenvalue weighted by molar-refractivity contribution is 0.202. The highest BCUT2D eigenvalue weighted by Gasteiger charge is 2.09. The average Bonchev–Trinajstić information content (AvgIpc) is 2.38. The third-order valence-corrected chi connectivity index (χ3v) is 3.27. The van der Waals surface area contributed by atoms with Crippen LogP contribution in [-0.4, -0.2) is 36.1 Å². The van der Waals surface area contributed by atoms with Gasteiger partial charge in [-0.3, -0.25) is 0 Å². The van der Waals surface area contributed by atoms with E-state index in [1.807, 2.05) is 19.1 Å². The topological polar surface area (TPSA) is 25.4 Å². The van der Waals surface area contributed by atoms with E-state index in [9.17, 15) is 0 Å². The summed E-state index contributed by atoms with van der Waals surface area (Å²) in [6, 6.07) is 3.98. The molecule has 2 rings (SSSR count). The lowest BCUT2D eigenvalue weighted by Gasteiger charge is -2.26. The van der Waals surface area contributed by atoms with Gasteiger partial charge in [0.1, 0.15) is 0 Å². The van der Waals surface area contributed by atoms with Gasteiger partial charge in [0.15, 0.2) is 0 Å². The zero-order chi connectivity index (χ0) is 11.9.